The van der Waals surface area contributed by atoms with Crippen molar-refractivity contribution in [2.45, 2.75) is 19.6 Å². The van der Waals surface area contributed by atoms with Gasteiger partial charge in [0.05, 0.1) is 11.0 Å². The largest absolute Gasteiger partial charge is 0.392 e. The van der Waals surface area contributed by atoms with E-state index in [0.717, 1.165) is 6.07 Å². The number of benzene rings is 1. The van der Waals surface area contributed by atoms with Crippen LogP contribution in [0.5, 0.6) is 0 Å². The first kappa shape index (κ1) is 13.5. The van der Waals surface area contributed by atoms with E-state index < -0.39 is 28.3 Å². The summed E-state index contributed by atoms with van der Waals surface area (Å²) < 4.78 is 26.2. The molecule has 1 atom stereocenters. The van der Waals surface area contributed by atoms with Crippen LogP contribution in [0.3, 0.4) is 0 Å². The maximum absolute atomic E-state index is 13.3. The Morgan fingerprint density at radius 3 is 2.65 bits per heavy atom. The summed E-state index contributed by atoms with van der Waals surface area (Å²) in [5.74, 6) is -2.06. The molecule has 94 valence electrons. The first-order chi connectivity index (χ1) is 7.91. The quantitative estimate of drug-likeness (QED) is 0.607. The highest BCUT2D eigenvalue weighted by molar-refractivity contribution is 5.37. The molecule has 0 aliphatic carbocycles. The van der Waals surface area contributed by atoms with Crippen LogP contribution in [0.25, 0.3) is 0 Å². The summed E-state index contributed by atoms with van der Waals surface area (Å²) in [5, 5.41) is 22.1. The minimum Gasteiger partial charge on any atom is -0.392 e. The van der Waals surface area contributed by atoms with Gasteiger partial charge >= 0.3 is 5.69 Å². The Bertz CT molecular complexity index is 424. The van der Waals surface area contributed by atoms with Crippen LogP contribution in [0.1, 0.15) is 12.5 Å². The first-order valence-electron chi connectivity index (χ1n) is 4.93. The third-order valence-corrected chi connectivity index (χ3v) is 2.07. The molecule has 0 radical (unpaired) electrons. The van der Waals surface area contributed by atoms with Gasteiger partial charge in [0, 0.05) is 30.8 Å². The highest BCUT2D eigenvalue weighted by Crippen LogP contribution is 2.21. The standard InChI is InChI=1S/C10H12F2N2O3/c1-6(15)4-13-5-7-2-10(14(16)17)9(12)3-8(7)11/h2-3,6,13,15H,4-5H2,1H3. The van der Waals surface area contributed by atoms with Gasteiger partial charge in [0.15, 0.2) is 0 Å². The smallest absolute Gasteiger partial charge is 0.305 e. The molecule has 7 heteroatoms. The van der Waals surface area contributed by atoms with Crippen molar-refractivity contribution in [1.82, 2.24) is 5.32 Å². The summed E-state index contributed by atoms with van der Waals surface area (Å²) in [6, 6.07) is 1.33. The first-order valence-corrected chi connectivity index (χ1v) is 4.93. The zero-order chi connectivity index (χ0) is 13.0. The van der Waals surface area contributed by atoms with E-state index in [9.17, 15) is 18.9 Å². The van der Waals surface area contributed by atoms with Gasteiger partial charge in [0.25, 0.3) is 0 Å². The number of rotatable bonds is 5. The summed E-state index contributed by atoms with van der Waals surface area (Å²) >= 11 is 0. The van der Waals surface area contributed by atoms with Crippen LogP contribution in [0, 0.1) is 21.7 Å². The van der Waals surface area contributed by atoms with Crippen molar-refractivity contribution < 1.29 is 18.8 Å². The maximum Gasteiger partial charge on any atom is 0.305 e. The fraction of sp³-hybridized carbons (Fsp3) is 0.400. The third kappa shape index (κ3) is 3.72. The Morgan fingerprint density at radius 1 is 1.47 bits per heavy atom. The lowest BCUT2D eigenvalue weighted by Gasteiger charge is -2.07. The van der Waals surface area contributed by atoms with Crippen molar-refractivity contribution in [3.8, 4) is 0 Å². The second kappa shape index (κ2) is 5.65. The van der Waals surface area contributed by atoms with Crippen LogP contribution in [0.2, 0.25) is 0 Å². The predicted molar refractivity (Wildman–Crippen MR) is 56.4 cm³/mol. The van der Waals surface area contributed by atoms with Crippen LogP contribution < -0.4 is 5.32 Å². The minimum absolute atomic E-state index is 0.0150. The Morgan fingerprint density at radius 2 is 2.12 bits per heavy atom. The fourth-order valence-electron chi connectivity index (χ4n) is 1.27. The molecule has 0 saturated heterocycles. The molecule has 1 aromatic rings. The van der Waals surface area contributed by atoms with Gasteiger partial charge in [0.1, 0.15) is 5.82 Å². The number of nitro groups is 1. The average Bonchev–Trinajstić information content (AvgIpc) is 2.20. The number of aliphatic hydroxyl groups is 1. The maximum atomic E-state index is 13.3. The van der Waals surface area contributed by atoms with E-state index in [4.69, 9.17) is 5.11 Å². The normalized spacial score (nSPS) is 12.5. The molecule has 0 amide bonds. The minimum atomic E-state index is -1.20. The Labute approximate surface area is 96.2 Å². The molecule has 1 rings (SSSR count). The van der Waals surface area contributed by atoms with Crippen molar-refractivity contribution in [3.63, 3.8) is 0 Å². The van der Waals surface area contributed by atoms with E-state index in [1.807, 2.05) is 0 Å². The molecule has 0 spiro atoms. The topological polar surface area (TPSA) is 75.4 Å². The van der Waals surface area contributed by atoms with E-state index in [1.165, 1.54) is 6.92 Å². The lowest BCUT2D eigenvalue weighted by atomic mass is 10.1. The molecule has 0 aromatic heterocycles. The SMILES string of the molecule is CC(O)CNCc1cc([N+](=O)[O-])c(F)cc1F. The van der Waals surface area contributed by atoms with Crippen LogP contribution in [0.15, 0.2) is 12.1 Å². The second-order valence-corrected chi connectivity index (χ2v) is 3.63. The Kier molecular flexibility index (Phi) is 4.47. The van der Waals surface area contributed by atoms with Gasteiger partial charge < -0.3 is 10.4 Å². The average molecular weight is 246 g/mol. The number of hydrogen-bond acceptors (Lipinski definition) is 4. The van der Waals surface area contributed by atoms with Crippen LogP contribution in [0.4, 0.5) is 14.5 Å². The van der Waals surface area contributed by atoms with Crippen LogP contribution in [-0.2, 0) is 6.54 Å². The molecule has 0 aliphatic heterocycles. The van der Waals surface area contributed by atoms with E-state index in [2.05, 4.69) is 5.32 Å². The van der Waals surface area contributed by atoms with Crippen molar-refractivity contribution in [3.05, 3.63) is 39.4 Å². The zero-order valence-corrected chi connectivity index (χ0v) is 9.11. The molecule has 0 saturated carbocycles. The lowest BCUT2D eigenvalue weighted by Crippen LogP contribution is -2.24. The molecule has 0 fully saturated rings. The van der Waals surface area contributed by atoms with Gasteiger partial charge in [-0.3, -0.25) is 10.1 Å². The van der Waals surface area contributed by atoms with Crippen LogP contribution in [-0.4, -0.2) is 22.7 Å². The monoisotopic (exact) mass is 246 g/mol. The Hall–Kier alpha value is -1.60. The van der Waals surface area contributed by atoms with E-state index >= 15 is 0 Å². The highest BCUT2D eigenvalue weighted by atomic mass is 19.1. The second-order valence-electron chi connectivity index (χ2n) is 3.63. The summed E-state index contributed by atoms with van der Waals surface area (Å²) in [6.07, 6.45) is -0.617. The molecule has 2 N–H and O–H groups in total. The van der Waals surface area contributed by atoms with Gasteiger partial charge in [-0.25, -0.2) is 4.39 Å². The number of aliphatic hydroxyl groups excluding tert-OH is 1. The van der Waals surface area contributed by atoms with Gasteiger partial charge in [-0.05, 0) is 6.92 Å². The van der Waals surface area contributed by atoms with Gasteiger partial charge in [0.2, 0.25) is 5.82 Å². The van der Waals surface area contributed by atoms with E-state index in [1.54, 1.807) is 0 Å². The lowest BCUT2D eigenvalue weighted by molar-refractivity contribution is -0.387. The molecule has 1 unspecified atom stereocenters. The Balaban J connectivity index is 2.84. The van der Waals surface area contributed by atoms with Gasteiger partial charge in [-0.2, -0.15) is 4.39 Å². The van der Waals surface area contributed by atoms with Crippen molar-refractivity contribution in [2.24, 2.45) is 0 Å². The van der Waals surface area contributed by atoms with Crippen molar-refractivity contribution in [1.29, 1.82) is 0 Å². The number of nitrogens with zero attached hydrogens (tertiary/aromatic N) is 1. The summed E-state index contributed by atoms with van der Waals surface area (Å²) in [5.41, 5.74) is -0.779. The zero-order valence-electron chi connectivity index (χ0n) is 9.11. The number of hydrogen-bond donors (Lipinski definition) is 2. The molecule has 1 aromatic carbocycles. The molecule has 0 aliphatic rings. The summed E-state index contributed by atoms with van der Waals surface area (Å²) in [4.78, 5) is 9.54. The molecule has 5 nitrogen and oxygen atoms in total. The summed E-state index contributed by atoms with van der Waals surface area (Å²) in [6.45, 7) is 1.74. The van der Waals surface area contributed by atoms with Crippen molar-refractivity contribution >= 4 is 5.69 Å². The number of nitrogens with one attached hydrogen (secondary N) is 1. The van der Waals surface area contributed by atoms with Gasteiger partial charge in [-0.15, -0.1) is 0 Å². The third-order valence-electron chi connectivity index (χ3n) is 2.07. The van der Waals surface area contributed by atoms with Crippen molar-refractivity contribution in [2.75, 3.05) is 6.54 Å². The van der Waals surface area contributed by atoms with E-state index in [0.29, 0.717) is 6.07 Å². The summed E-state index contributed by atoms with van der Waals surface area (Å²) in [7, 11) is 0. The highest BCUT2D eigenvalue weighted by Gasteiger charge is 2.18. The predicted octanol–water partition coefficient (Wildman–Crippen LogP) is 1.34. The molecular weight excluding hydrogens is 234 g/mol. The molecule has 0 bridgehead atoms. The molecule has 17 heavy (non-hydrogen) atoms. The molecule has 0 heterocycles. The number of halogens is 2. The van der Waals surface area contributed by atoms with E-state index in [-0.39, 0.29) is 18.7 Å². The number of nitro benzene ring substituents is 1. The fourth-order valence-corrected chi connectivity index (χ4v) is 1.27. The van der Waals surface area contributed by atoms with Crippen LogP contribution >= 0.6 is 0 Å². The molecular formula is C10H12F2N2O3. The van der Waals surface area contributed by atoms with Gasteiger partial charge in [-0.1, -0.05) is 0 Å².